The second kappa shape index (κ2) is 9.31. The predicted molar refractivity (Wildman–Crippen MR) is 124 cm³/mol. The fourth-order valence-electron chi connectivity index (χ4n) is 2.84. The Balaban J connectivity index is 1.68. The topological polar surface area (TPSA) is 164 Å². The van der Waals surface area contributed by atoms with Crippen molar-refractivity contribution in [2.45, 2.75) is 0 Å². The number of carbonyl (C=O) groups excluding carboxylic acids is 1. The van der Waals surface area contributed by atoms with Crippen molar-refractivity contribution in [3.8, 4) is 16.9 Å². The van der Waals surface area contributed by atoms with Crippen molar-refractivity contribution in [3.63, 3.8) is 0 Å². The quantitative estimate of drug-likeness (QED) is 0.217. The van der Waals surface area contributed by atoms with E-state index < -0.39 is 0 Å². The Morgan fingerprint density at radius 1 is 0.935 bits per heavy atom. The van der Waals surface area contributed by atoms with Gasteiger partial charge in [0.25, 0.3) is 5.91 Å². The van der Waals surface area contributed by atoms with Gasteiger partial charge in [0, 0.05) is 30.1 Å². The minimum Gasteiger partial charge on any atom is -0.508 e. The van der Waals surface area contributed by atoms with E-state index in [9.17, 15) is 9.90 Å². The van der Waals surface area contributed by atoms with E-state index in [0.717, 1.165) is 11.1 Å². The number of amides is 1. The maximum atomic E-state index is 11.6. The molecular weight excluding hydrogens is 394 g/mol. The third-order valence-electron chi connectivity index (χ3n) is 4.27. The van der Waals surface area contributed by atoms with Gasteiger partial charge in [-0.15, -0.1) is 0 Å². The fourth-order valence-corrected chi connectivity index (χ4v) is 2.84. The Hall–Kier alpha value is -4.53. The van der Waals surface area contributed by atoms with Crippen LogP contribution in [0.1, 0.15) is 10.4 Å². The normalized spacial score (nSPS) is 11.8. The number of hydrogen-bond donors (Lipinski definition) is 6. The minimum absolute atomic E-state index is 0.0375. The zero-order valence-corrected chi connectivity index (χ0v) is 16.8. The molecule has 0 aliphatic heterocycles. The molecule has 31 heavy (non-hydrogen) atoms. The van der Waals surface area contributed by atoms with Crippen LogP contribution in [0.3, 0.4) is 0 Å². The molecule has 9 N–H and O–H groups in total. The van der Waals surface area contributed by atoms with E-state index in [1.165, 1.54) is 6.07 Å². The lowest BCUT2D eigenvalue weighted by atomic mass is 10.0. The average Bonchev–Trinajstić information content (AvgIpc) is 2.73. The van der Waals surface area contributed by atoms with Gasteiger partial charge in [0.2, 0.25) is 11.9 Å². The van der Waals surface area contributed by atoms with E-state index in [4.69, 9.17) is 17.2 Å². The first kappa shape index (κ1) is 21.2. The molecule has 0 radical (unpaired) electrons. The maximum absolute atomic E-state index is 11.6. The maximum Gasteiger partial charge on any atom is 0.251 e. The standard InChI is InChI=1S/C22H23N7O2/c1-26-20(31)14-4-8-18(9-5-14)28-22(25)29-21(24)27-17-6-2-13(3-7-17)15-10-16(23)12-19(30)11-15/h2-12,30H,23H2,1H3,(H,26,31)(H5,24,25,27,28,29). The van der Waals surface area contributed by atoms with Crippen molar-refractivity contribution < 1.29 is 9.90 Å². The molecule has 0 saturated carbocycles. The molecule has 0 aliphatic carbocycles. The van der Waals surface area contributed by atoms with Crippen LogP contribution in [-0.2, 0) is 0 Å². The highest BCUT2D eigenvalue weighted by atomic mass is 16.3. The van der Waals surface area contributed by atoms with E-state index in [2.05, 4.69) is 20.6 Å². The number of nitrogens with one attached hydrogen (secondary N) is 2. The third kappa shape index (κ3) is 5.73. The molecule has 0 heterocycles. The number of nitrogen functional groups attached to an aromatic ring is 1. The van der Waals surface area contributed by atoms with Crippen molar-refractivity contribution in [1.29, 1.82) is 0 Å². The van der Waals surface area contributed by atoms with E-state index in [0.29, 0.717) is 22.6 Å². The number of hydrogen-bond acceptors (Lipinski definition) is 4. The van der Waals surface area contributed by atoms with Crippen LogP contribution in [-0.4, -0.2) is 30.0 Å². The molecule has 1 amide bonds. The number of nitrogens with two attached hydrogens (primary N) is 3. The highest BCUT2D eigenvalue weighted by Gasteiger charge is 2.04. The molecule has 0 aromatic heterocycles. The van der Waals surface area contributed by atoms with Crippen molar-refractivity contribution in [2.24, 2.45) is 21.5 Å². The molecule has 0 fully saturated rings. The van der Waals surface area contributed by atoms with Gasteiger partial charge in [-0.25, -0.2) is 4.99 Å². The number of benzene rings is 3. The number of phenolic OH excluding ortho intramolecular Hbond substituents is 1. The molecule has 0 bridgehead atoms. The lowest BCUT2D eigenvalue weighted by Gasteiger charge is -2.08. The molecule has 158 valence electrons. The van der Waals surface area contributed by atoms with Crippen LogP contribution in [0, 0.1) is 0 Å². The summed E-state index contributed by atoms with van der Waals surface area (Å²) in [6, 6.07) is 18.8. The molecule has 0 aliphatic rings. The Morgan fingerprint density at radius 2 is 1.61 bits per heavy atom. The van der Waals surface area contributed by atoms with E-state index in [-0.39, 0.29) is 23.6 Å². The number of guanidine groups is 2. The summed E-state index contributed by atoms with van der Waals surface area (Å²) in [6.07, 6.45) is 0. The van der Waals surface area contributed by atoms with Gasteiger partial charge in [-0.05, 0) is 59.7 Å². The second-order valence-corrected chi connectivity index (χ2v) is 6.61. The van der Waals surface area contributed by atoms with Gasteiger partial charge >= 0.3 is 0 Å². The molecular formula is C22H23N7O2. The fraction of sp³-hybridized carbons (Fsp3) is 0.0455. The first-order chi connectivity index (χ1) is 14.8. The van der Waals surface area contributed by atoms with Gasteiger partial charge in [-0.3, -0.25) is 4.79 Å². The summed E-state index contributed by atoms with van der Waals surface area (Å²) >= 11 is 0. The summed E-state index contributed by atoms with van der Waals surface area (Å²) in [7, 11) is 1.56. The summed E-state index contributed by atoms with van der Waals surface area (Å²) < 4.78 is 0. The van der Waals surface area contributed by atoms with Gasteiger partial charge in [0.1, 0.15) is 5.75 Å². The number of rotatable bonds is 4. The molecule has 0 atom stereocenters. The molecule has 3 rings (SSSR count). The van der Waals surface area contributed by atoms with Gasteiger partial charge in [0.15, 0.2) is 0 Å². The van der Waals surface area contributed by atoms with E-state index in [1.54, 1.807) is 43.4 Å². The van der Waals surface area contributed by atoms with Crippen molar-refractivity contribution in [1.82, 2.24) is 5.32 Å². The zero-order chi connectivity index (χ0) is 22.4. The van der Waals surface area contributed by atoms with Gasteiger partial charge in [0.05, 0.1) is 5.69 Å². The van der Waals surface area contributed by atoms with Gasteiger partial charge < -0.3 is 32.9 Å². The summed E-state index contributed by atoms with van der Waals surface area (Å²) in [5, 5.41) is 15.2. The minimum atomic E-state index is -0.187. The van der Waals surface area contributed by atoms with E-state index in [1.807, 2.05) is 24.3 Å². The Kier molecular flexibility index (Phi) is 6.36. The van der Waals surface area contributed by atoms with Crippen molar-refractivity contribution in [3.05, 3.63) is 72.3 Å². The molecule has 3 aromatic rings. The monoisotopic (exact) mass is 417 g/mol. The zero-order valence-electron chi connectivity index (χ0n) is 16.8. The van der Waals surface area contributed by atoms with Crippen molar-refractivity contribution >= 4 is 34.9 Å². The van der Waals surface area contributed by atoms with Crippen LogP contribution in [0.5, 0.6) is 5.75 Å². The van der Waals surface area contributed by atoms with Gasteiger partial charge in [-0.2, -0.15) is 4.99 Å². The van der Waals surface area contributed by atoms with Gasteiger partial charge in [-0.1, -0.05) is 12.1 Å². The SMILES string of the molecule is CNC(=O)c1ccc(N=C(N)/N=C(/N)Nc2ccc(-c3cc(N)cc(O)c3)cc2)cc1. The Bertz CT molecular complexity index is 1120. The Morgan fingerprint density at radius 3 is 2.23 bits per heavy atom. The average molecular weight is 417 g/mol. The number of phenols is 1. The van der Waals surface area contributed by atoms with Crippen LogP contribution in [0.2, 0.25) is 0 Å². The first-order valence-corrected chi connectivity index (χ1v) is 9.31. The van der Waals surface area contributed by atoms with Crippen LogP contribution in [0.15, 0.2) is 76.7 Å². The van der Waals surface area contributed by atoms with Crippen LogP contribution in [0.25, 0.3) is 11.1 Å². The number of aromatic hydroxyl groups is 1. The molecule has 0 unspecified atom stereocenters. The van der Waals surface area contributed by atoms with Crippen LogP contribution in [0.4, 0.5) is 17.1 Å². The number of nitrogens with zero attached hydrogens (tertiary/aromatic N) is 2. The third-order valence-corrected chi connectivity index (χ3v) is 4.27. The summed E-state index contributed by atoms with van der Waals surface area (Å²) in [5.74, 6) is -0.0535. The highest BCUT2D eigenvalue weighted by Crippen LogP contribution is 2.27. The van der Waals surface area contributed by atoms with Crippen LogP contribution >= 0.6 is 0 Å². The lowest BCUT2D eigenvalue weighted by Crippen LogP contribution is -2.26. The van der Waals surface area contributed by atoms with Crippen LogP contribution < -0.4 is 27.8 Å². The molecule has 0 spiro atoms. The number of carbonyl (C=O) groups is 1. The second-order valence-electron chi connectivity index (χ2n) is 6.61. The summed E-state index contributed by atoms with van der Waals surface area (Å²) in [6.45, 7) is 0. The first-order valence-electron chi connectivity index (χ1n) is 9.31. The largest absolute Gasteiger partial charge is 0.508 e. The molecule has 9 nitrogen and oxygen atoms in total. The molecule has 9 heteroatoms. The Labute approximate surface area is 179 Å². The number of aliphatic imine (C=N–C) groups is 2. The smallest absolute Gasteiger partial charge is 0.251 e. The van der Waals surface area contributed by atoms with Crippen molar-refractivity contribution in [2.75, 3.05) is 18.1 Å². The number of anilines is 2. The lowest BCUT2D eigenvalue weighted by molar-refractivity contribution is 0.0963. The predicted octanol–water partition coefficient (Wildman–Crippen LogP) is 2.37. The molecule has 3 aromatic carbocycles. The highest BCUT2D eigenvalue weighted by molar-refractivity contribution is 6.01. The molecule has 0 saturated heterocycles. The van der Waals surface area contributed by atoms with E-state index >= 15 is 0 Å². The summed E-state index contributed by atoms with van der Waals surface area (Å²) in [4.78, 5) is 19.7. The summed E-state index contributed by atoms with van der Waals surface area (Å²) in [5.41, 5.74) is 21.4.